The molecular formula is C32H36O8. The van der Waals surface area contributed by atoms with E-state index in [1.54, 1.807) is 0 Å². The highest BCUT2D eigenvalue weighted by Crippen LogP contribution is 2.32. The molecule has 0 radical (unpaired) electrons. The molecule has 8 nitrogen and oxygen atoms in total. The maximum Gasteiger partial charge on any atom is 0.302 e. The van der Waals surface area contributed by atoms with Crippen LogP contribution in [0, 0.1) is 0 Å². The van der Waals surface area contributed by atoms with E-state index in [0.717, 1.165) is 16.7 Å². The van der Waals surface area contributed by atoms with Gasteiger partial charge in [0.15, 0.2) is 6.29 Å². The Morgan fingerprint density at radius 3 is 1.62 bits per heavy atom. The molecule has 2 aliphatic heterocycles. The first kappa shape index (κ1) is 28.4. The molecule has 0 amide bonds. The number of carbonyl (C=O) groups is 1. The zero-order chi connectivity index (χ0) is 27.6. The normalized spacial score (nSPS) is 25.8. The Morgan fingerprint density at radius 2 is 1.15 bits per heavy atom. The van der Waals surface area contributed by atoms with Gasteiger partial charge in [0.25, 0.3) is 0 Å². The van der Waals surface area contributed by atoms with Gasteiger partial charge >= 0.3 is 5.97 Å². The molecule has 2 heterocycles. The summed E-state index contributed by atoms with van der Waals surface area (Å²) in [7, 11) is 0. The first-order valence-corrected chi connectivity index (χ1v) is 13.6. The Kier molecular flexibility index (Phi) is 10.3. The van der Waals surface area contributed by atoms with Crippen molar-refractivity contribution < 1.29 is 38.0 Å². The zero-order valence-corrected chi connectivity index (χ0v) is 22.6. The van der Waals surface area contributed by atoms with Gasteiger partial charge in [-0.3, -0.25) is 4.79 Å². The first-order chi connectivity index (χ1) is 19.7. The van der Waals surface area contributed by atoms with E-state index in [2.05, 4.69) is 0 Å². The summed E-state index contributed by atoms with van der Waals surface area (Å²) in [6.45, 7) is 3.36. The van der Waals surface area contributed by atoms with Crippen molar-refractivity contribution in [3.8, 4) is 0 Å². The van der Waals surface area contributed by atoms with E-state index in [1.165, 1.54) is 6.92 Å². The molecule has 2 aliphatic rings. The lowest BCUT2D eigenvalue weighted by molar-refractivity contribution is -0.327. The van der Waals surface area contributed by atoms with Crippen LogP contribution in [0.25, 0.3) is 0 Å². The number of carbonyl (C=O) groups excluding carboxylic acids is 1. The van der Waals surface area contributed by atoms with Crippen LogP contribution in [-0.4, -0.2) is 62.6 Å². The van der Waals surface area contributed by atoms with Crippen molar-refractivity contribution >= 4 is 5.97 Å². The number of benzene rings is 3. The van der Waals surface area contributed by atoms with Crippen molar-refractivity contribution in [2.45, 2.75) is 63.6 Å². The molecule has 0 spiro atoms. The minimum Gasteiger partial charge on any atom is -0.463 e. The fourth-order valence-corrected chi connectivity index (χ4v) is 4.58. The molecule has 212 valence electrons. The van der Waals surface area contributed by atoms with E-state index in [0.29, 0.717) is 33.0 Å². The molecule has 0 saturated carbocycles. The van der Waals surface area contributed by atoms with Gasteiger partial charge in [-0.05, 0) is 16.7 Å². The predicted molar refractivity (Wildman–Crippen MR) is 146 cm³/mol. The van der Waals surface area contributed by atoms with Crippen LogP contribution in [0.2, 0.25) is 0 Å². The summed E-state index contributed by atoms with van der Waals surface area (Å²) in [5, 5.41) is 0. The van der Waals surface area contributed by atoms with Gasteiger partial charge in [-0.15, -0.1) is 0 Å². The molecule has 2 saturated heterocycles. The fraction of sp³-hybridized carbons (Fsp3) is 0.406. The van der Waals surface area contributed by atoms with Gasteiger partial charge in [-0.1, -0.05) is 91.0 Å². The quantitative estimate of drug-likeness (QED) is 0.216. The third kappa shape index (κ3) is 8.44. The molecule has 3 aromatic carbocycles. The molecule has 0 unspecified atom stereocenters. The van der Waals surface area contributed by atoms with Crippen molar-refractivity contribution in [3.63, 3.8) is 0 Å². The smallest absolute Gasteiger partial charge is 0.302 e. The lowest BCUT2D eigenvalue weighted by Crippen LogP contribution is -2.62. The SMILES string of the molecule is CC(=O)OC[C@H]1O[C@H](OC[C@H]2CO2)[C@H](OCc2ccccc2)[C@@H](OCc2ccccc2)[C@@H]1OCc1ccccc1. The topological polar surface area (TPSA) is 85.0 Å². The second kappa shape index (κ2) is 14.5. The van der Waals surface area contributed by atoms with Crippen LogP contribution in [0.3, 0.4) is 0 Å². The number of ether oxygens (including phenoxy) is 7. The van der Waals surface area contributed by atoms with E-state index >= 15 is 0 Å². The van der Waals surface area contributed by atoms with E-state index in [1.807, 2.05) is 91.0 Å². The second-order valence-corrected chi connectivity index (χ2v) is 9.92. The number of epoxide rings is 1. The number of hydrogen-bond acceptors (Lipinski definition) is 8. The molecule has 0 bridgehead atoms. The third-order valence-electron chi connectivity index (χ3n) is 6.75. The minimum atomic E-state index is -0.786. The molecule has 0 aliphatic carbocycles. The summed E-state index contributed by atoms with van der Waals surface area (Å²) in [4.78, 5) is 11.8. The van der Waals surface area contributed by atoms with Crippen LogP contribution in [0.4, 0.5) is 0 Å². The Morgan fingerprint density at radius 1 is 0.675 bits per heavy atom. The first-order valence-electron chi connectivity index (χ1n) is 13.6. The van der Waals surface area contributed by atoms with Crippen LogP contribution < -0.4 is 0 Å². The predicted octanol–water partition coefficient (Wildman–Crippen LogP) is 4.45. The second-order valence-electron chi connectivity index (χ2n) is 9.92. The summed E-state index contributed by atoms with van der Waals surface area (Å²) in [6.07, 6.45) is -3.23. The van der Waals surface area contributed by atoms with Gasteiger partial charge in [-0.25, -0.2) is 0 Å². The van der Waals surface area contributed by atoms with Gasteiger partial charge in [0, 0.05) is 6.92 Å². The highest BCUT2D eigenvalue weighted by Gasteiger charge is 2.49. The maximum atomic E-state index is 11.8. The lowest BCUT2D eigenvalue weighted by Gasteiger charge is -2.45. The van der Waals surface area contributed by atoms with E-state index in [9.17, 15) is 4.79 Å². The molecule has 3 aromatic rings. The van der Waals surface area contributed by atoms with Gasteiger partial charge in [0.05, 0.1) is 33.0 Å². The minimum absolute atomic E-state index is 0.00875. The zero-order valence-electron chi connectivity index (χ0n) is 22.6. The van der Waals surface area contributed by atoms with E-state index in [-0.39, 0.29) is 12.7 Å². The van der Waals surface area contributed by atoms with Crippen molar-refractivity contribution in [2.24, 2.45) is 0 Å². The molecule has 6 atom stereocenters. The Balaban J connectivity index is 1.42. The summed E-state index contributed by atoms with van der Waals surface area (Å²) >= 11 is 0. The number of hydrogen-bond donors (Lipinski definition) is 0. The monoisotopic (exact) mass is 548 g/mol. The van der Waals surface area contributed by atoms with Crippen molar-refractivity contribution in [1.82, 2.24) is 0 Å². The maximum absolute atomic E-state index is 11.8. The average Bonchev–Trinajstić information content (AvgIpc) is 3.82. The van der Waals surface area contributed by atoms with Crippen molar-refractivity contribution in [1.29, 1.82) is 0 Å². The average molecular weight is 549 g/mol. The molecular weight excluding hydrogens is 512 g/mol. The van der Waals surface area contributed by atoms with Crippen molar-refractivity contribution in [2.75, 3.05) is 19.8 Å². The van der Waals surface area contributed by atoms with E-state index in [4.69, 9.17) is 33.2 Å². The fourth-order valence-electron chi connectivity index (χ4n) is 4.58. The number of esters is 1. The third-order valence-corrected chi connectivity index (χ3v) is 6.75. The molecule has 0 N–H and O–H groups in total. The highest BCUT2D eigenvalue weighted by molar-refractivity contribution is 5.65. The lowest BCUT2D eigenvalue weighted by atomic mass is 9.97. The van der Waals surface area contributed by atoms with Crippen LogP contribution in [-0.2, 0) is 57.8 Å². The summed E-state index contributed by atoms with van der Waals surface area (Å²) in [5.41, 5.74) is 3.02. The highest BCUT2D eigenvalue weighted by atomic mass is 16.7. The Labute approximate surface area is 235 Å². The molecule has 40 heavy (non-hydrogen) atoms. The van der Waals surface area contributed by atoms with Crippen LogP contribution in [0.1, 0.15) is 23.6 Å². The Bertz CT molecular complexity index is 1160. The largest absolute Gasteiger partial charge is 0.463 e. The van der Waals surface area contributed by atoms with Crippen LogP contribution >= 0.6 is 0 Å². The molecule has 2 fully saturated rings. The van der Waals surface area contributed by atoms with E-state index < -0.39 is 36.7 Å². The van der Waals surface area contributed by atoms with Gasteiger partial charge in [-0.2, -0.15) is 0 Å². The van der Waals surface area contributed by atoms with Gasteiger partial charge in [0.1, 0.15) is 37.1 Å². The summed E-state index contributed by atoms with van der Waals surface area (Å²) in [5.74, 6) is -0.404. The standard InChI is InChI=1S/C32H36O8/c1-23(33)34-22-28-29(36-17-24-11-5-2-6-12-24)30(37-18-25-13-7-3-8-14-25)31(32(40-28)39-21-27-20-35-27)38-19-26-15-9-4-10-16-26/h2-16,27-32H,17-22H2,1H3/t27-,28-,29-,30+,31-,32+/m1/s1. The van der Waals surface area contributed by atoms with Gasteiger partial charge in [0.2, 0.25) is 0 Å². The summed E-state index contributed by atoms with van der Waals surface area (Å²) < 4.78 is 42.9. The molecule has 0 aromatic heterocycles. The van der Waals surface area contributed by atoms with Crippen LogP contribution in [0.15, 0.2) is 91.0 Å². The summed E-state index contributed by atoms with van der Waals surface area (Å²) in [6, 6.07) is 29.7. The molecule has 8 heteroatoms. The number of rotatable bonds is 14. The van der Waals surface area contributed by atoms with Crippen molar-refractivity contribution in [3.05, 3.63) is 108 Å². The van der Waals surface area contributed by atoms with Crippen LogP contribution in [0.5, 0.6) is 0 Å². The van der Waals surface area contributed by atoms with Gasteiger partial charge < -0.3 is 33.2 Å². The molecule has 5 rings (SSSR count). The Hall–Kier alpha value is -3.11.